The van der Waals surface area contributed by atoms with E-state index in [4.69, 9.17) is 0 Å². The maximum Gasteiger partial charge on any atom is 0.223 e. The molecule has 23 heavy (non-hydrogen) atoms. The quantitative estimate of drug-likeness (QED) is 0.921. The van der Waals surface area contributed by atoms with Crippen molar-refractivity contribution in [3.63, 3.8) is 0 Å². The second-order valence-electron chi connectivity index (χ2n) is 7.16. The predicted octanol–water partition coefficient (Wildman–Crippen LogP) is 3.52. The van der Waals surface area contributed by atoms with Crippen molar-refractivity contribution in [3.05, 3.63) is 35.6 Å². The number of likely N-dealkylation sites (tertiary alicyclic amines) is 1. The van der Waals surface area contributed by atoms with E-state index in [2.05, 4.69) is 12.2 Å². The number of piperidine rings is 1. The van der Waals surface area contributed by atoms with E-state index in [0.717, 1.165) is 32.5 Å². The molecule has 2 heterocycles. The molecule has 3 rings (SSSR count). The number of amides is 1. The van der Waals surface area contributed by atoms with Crippen molar-refractivity contribution in [2.24, 2.45) is 11.8 Å². The summed E-state index contributed by atoms with van der Waals surface area (Å²) in [4.78, 5) is 14.6. The monoisotopic (exact) mass is 318 g/mol. The lowest BCUT2D eigenvalue weighted by molar-refractivity contribution is -0.132. The molecule has 0 bridgehead atoms. The number of carbonyl (C=O) groups is 1. The average molecular weight is 318 g/mol. The van der Waals surface area contributed by atoms with Crippen LogP contribution in [0.15, 0.2) is 24.3 Å². The molecule has 0 radical (unpaired) electrons. The number of rotatable bonds is 4. The largest absolute Gasteiger partial charge is 0.335 e. The maximum atomic E-state index is 14.1. The molecule has 0 saturated carbocycles. The molecule has 1 amide bonds. The van der Waals surface area contributed by atoms with Crippen LogP contribution in [0.2, 0.25) is 0 Å². The topological polar surface area (TPSA) is 32.3 Å². The number of carbonyl (C=O) groups excluding carboxylic acids is 1. The van der Waals surface area contributed by atoms with Crippen LogP contribution in [0.3, 0.4) is 0 Å². The van der Waals surface area contributed by atoms with Gasteiger partial charge in [0, 0.05) is 18.5 Å². The van der Waals surface area contributed by atoms with Gasteiger partial charge in [-0.2, -0.15) is 0 Å². The number of nitrogens with one attached hydrogen (secondary N) is 1. The van der Waals surface area contributed by atoms with Gasteiger partial charge in [-0.3, -0.25) is 4.79 Å². The second-order valence-corrected chi connectivity index (χ2v) is 7.16. The van der Waals surface area contributed by atoms with Crippen LogP contribution >= 0.6 is 0 Å². The number of hydrogen-bond donors (Lipinski definition) is 1. The van der Waals surface area contributed by atoms with Crippen molar-refractivity contribution in [1.29, 1.82) is 0 Å². The van der Waals surface area contributed by atoms with Gasteiger partial charge < -0.3 is 10.2 Å². The van der Waals surface area contributed by atoms with Crippen molar-refractivity contribution < 1.29 is 9.18 Å². The summed E-state index contributed by atoms with van der Waals surface area (Å²) in [5.74, 6) is 1.10. The molecule has 2 atom stereocenters. The summed E-state index contributed by atoms with van der Waals surface area (Å²) in [5, 5.41) is 3.36. The highest BCUT2D eigenvalue weighted by atomic mass is 19.1. The van der Waals surface area contributed by atoms with Crippen LogP contribution in [0.4, 0.5) is 4.39 Å². The van der Waals surface area contributed by atoms with Crippen molar-refractivity contribution in [1.82, 2.24) is 10.2 Å². The standard InChI is InChI=1S/C19H27FN2O/c1-14-12-18(16-4-2-3-5-17(16)20)22(13-14)19(23)7-6-15-8-10-21-11-9-15/h2-5,14-15,18,21H,6-13H2,1H3/t14-,18+/m1/s1. The number of benzene rings is 1. The Labute approximate surface area is 138 Å². The van der Waals surface area contributed by atoms with Crippen LogP contribution in [0.5, 0.6) is 0 Å². The van der Waals surface area contributed by atoms with Crippen molar-refractivity contribution in [2.75, 3.05) is 19.6 Å². The molecule has 2 aliphatic rings. The second kappa shape index (κ2) is 7.43. The lowest BCUT2D eigenvalue weighted by Crippen LogP contribution is -2.33. The zero-order valence-electron chi connectivity index (χ0n) is 13.9. The van der Waals surface area contributed by atoms with Crippen molar-refractivity contribution in [2.45, 2.75) is 45.1 Å². The van der Waals surface area contributed by atoms with Crippen LogP contribution in [0, 0.1) is 17.7 Å². The van der Waals surface area contributed by atoms with Crippen LogP contribution in [-0.4, -0.2) is 30.4 Å². The zero-order valence-corrected chi connectivity index (χ0v) is 13.9. The van der Waals surface area contributed by atoms with E-state index in [0.29, 0.717) is 23.8 Å². The SMILES string of the molecule is C[C@@H]1C[C@@H](c2ccccc2F)N(C(=O)CCC2CCNCC2)C1. The van der Waals surface area contributed by atoms with E-state index in [-0.39, 0.29) is 17.8 Å². The van der Waals surface area contributed by atoms with E-state index in [9.17, 15) is 9.18 Å². The Morgan fingerprint density at radius 1 is 1.30 bits per heavy atom. The molecule has 0 spiro atoms. The average Bonchev–Trinajstić information content (AvgIpc) is 2.96. The van der Waals surface area contributed by atoms with E-state index in [1.54, 1.807) is 6.07 Å². The summed E-state index contributed by atoms with van der Waals surface area (Å²) in [6.07, 6.45) is 4.76. The molecule has 0 unspecified atom stereocenters. The molecular weight excluding hydrogens is 291 g/mol. The highest BCUT2D eigenvalue weighted by molar-refractivity contribution is 5.77. The molecule has 1 N–H and O–H groups in total. The van der Waals surface area contributed by atoms with Crippen molar-refractivity contribution in [3.8, 4) is 0 Å². The Morgan fingerprint density at radius 3 is 2.78 bits per heavy atom. The van der Waals surface area contributed by atoms with E-state index >= 15 is 0 Å². The predicted molar refractivity (Wildman–Crippen MR) is 89.5 cm³/mol. The highest BCUT2D eigenvalue weighted by Gasteiger charge is 2.35. The van der Waals surface area contributed by atoms with Gasteiger partial charge in [-0.25, -0.2) is 4.39 Å². The Balaban J connectivity index is 1.64. The molecule has 2 fully saturated rings. The minimum absolute atomic E-state index is 0.0910. The Kier molecular flexibility index (Phi) is 5.31. The van der Waals surface area contributed by atoms with E-state index < -0.39 is 0 Å². The molecule has 0 aromatic heterocycles. The van der Waals surface area contributed by atoms with Gasteiger partial charge in [0.2, 0.25) is 5.91 Å². The van der Waals surface area contributed by atoms with E-state index in [1.807, 2.05) is 17.0 Å². The van der Waals surface area contributed by atoms with Gasteiger partial charge in [0.25, 0.3) is 0 Å². The molecule has 3 nitrogen and oxygen atoms in total. The summed E-state index contributed by atoms with van der Waals surface area (Å²) in [7, 11) is 0. The first-order valence-corrected chi connectivity index (χ1v) is 8.89. The van der Waals surface area contributed by atoms with Crippen LogP contribution in [0.1, 0.15) is 50.6 Å². The normalized spacial score (nSPS) is 25.7. The third kappa shape index (κ3) is 3.92. The van der Waals surface area contributed by atoms with E-state index in [1.165, 1.54) is 18.9 Å². The number of halogens is 1. The van der Waals surface area contributed by atoms with Gasteiger partial charge >= 0.3 is 0 Å². The van der Waals surface area contributed by atoms with Gasteiger partial charge in [0.1, 0.15) is 5.82 Å². The fraction of sp³-hybridized carbons (Fsp3) is 0.632. The first-order chi connectivity index (χ1) is 11.1. The highest BCUT2D eigenvalue weighted by Crippen LogP contribution is 2.37. The minimum Gasteiger partial charge on any atom is -0.335 e. The third-order valence-electron chi connectivity index (χ3n) is 5.32. The molecule has 126 valence electrons. The molecule has 2 saturated heterocycles. The van der Waals surface area contributed by atoms with Gasteiger partial charge in [-0.15, -0.1) is 0 Å². The lowest BCUT2D eigenvalue weighted by Gasteiger charge is -2.27. The summed E-state index contributed by atoms with van der Waals surface area (Å²) < 4.78 is 14.1. The molecule has 2 aliphatic heterocycles. The number of nitrogens with zero attached hydrogens (tertiary/aromatic N) is 1. The maximum absolute atomic E-state index is 14.1. The Hall–Kier alpha value is -1.42. The minimum atomic E-state index is -0.192. The molecular formula is C19H27FN2O. The third-order valence-corrected chi connectivity index (χ3v) is 5.32. The Bertz CT molecular complexity index is 542. The van der Waals surface area contributed by atoms with Gasteiger partial charge in [0.15, 0.2) is 0 Å². The molecule has 1 aromatic rings. The summed E-state index contributed by atoms with van der Waals surface area (Å²) in [6.45, 7) is 5.03. The molecule has 0 aliphatic carbocycles. The van der Waals surface area contributed by atoms with Crippen LogP contribution < -0.4 is 5.32 Å². The summed E-state index contributed by atoms with van der Waals surface area (Å²) >= 11 is 0. The Morgan fingerprint density at radius 2 is 2.04 bits per heavy atom. The summed E-state index contributed by atoms with van der Waals surface area (Å²) in [5.41, 5.74) is 0.673. The molecule has 4 heteroatoms. The van der Waals surface area contributed by atoms with Crippen LogP contribution in [0.25, 0.3) is 0 Å². The summed E-state index contributed by atoms with van der Waals surface area (Å²) in [6, 6.07) is 6.80. The zero-order chi connectivity index (χ0) is 16.2. The fourth-order valence-corrected chi connectivity index (χ4v) is 4.00. The van der Waals surface area contributed by atoms with Gasteiger partial charge in [-0.05, 0) is 56.7 Å². The molecule has 1 aromatic carbocycles. The van der Waals surface area contributed by atoms with Gasteiger partial charge in [0.05, 0.1) is 6.04 Å². The smallest absolute Gasteiger partial charge is 0.223 e. The van der Waals surface area contributed by atoms with Crippen LogP contribution in [-0.2, 0) is 4.79 Å². The lowest BCUT2D eigenvalue weighted by atomic mass is 9.93. The number of hydrogen-bond acceptors (Lipinski definition) is 2. The van der Waals surface area contributed by atoms with Gasteiger partial charge in [-0.1, -0.05) is 25.1 Å². The first-order valence-electron chi connectivity index (χ1n) is 8.89. The fourth-order valence-electron chi connectivity index (χ4n) is 4.00. The first kappa shape index (κ1) is 16.4. The van der Waals surface area contributed by atoms with Crippen molar-refractivity contribution >= 4 is 5.91 Å².